The molecular weight excluding hydrogens is 548 g/mol. The number of ether oxygens (including phenoxy) is 2. The van der Waals surface area contributed by atoms with Crippen molar-refractivity contribution in [3.63, 3.8) is 0 Å². The van der Waals surface area contributed by atoms with Gasteiger partial charge >= 0.3 is 5.97 Å². The zero-order chi connectivity index (χ0) is 25.8. The Bertz CT molecular complexity index is 1110. The highest BCUT2D eigenvalue weighted by Gasteiger charge is 2.34. The summed E-state index contributed by atoms with van der Waals surface area (Å²) >= 11 is 10.4. The van der Waals surface area contributed by atoms with Crippen molar-refractivity contribution < 1.29 is 19.1 Å². The van der Waals surface area contributed by atoms with Crippen LogP contribution in [0.1, 0.15) is 78.1 Å². The molecule has 3 rings (SSSR count). The summed E-state index contributed by atoms with van der Waals surface area (Å²) < 4.78 is 11.5. The lowest BCUT2D eigenvalue weighted by molar-refractivity contribution is 0.0600. The first-order valence-corrected chi connectivity index (χ1v) is 13.8. The summed E-state index contributed by atoms with van der Waals surface area (Å²) in [6, 6.07) is 5.16. The van der Waals surface area contributed by atoms with Gasteiger partial charge in [0.05, 0.1) is 23.8 Å². The monoisotopic (exact) mass is 580 g/mol. The summed E-state index contributed by atoms with van der Waals surface area (Å²) in [5.74, 6) is 0.482. The molecule has 1 aliphatic rings. The molecule has 0 radical (unpaired) electrons. The molecule has 9 heteroatoms. The number of unbranched alkanes of at least 4 members (excludes halogenated alkanes) is 1. The van der Waals surface area contributed by atoms with Gasteiger partial charge in [-0.3, -0.25) is 10.1 Å². The van der Waals surface area contributed by atoms with Crippen molar-refractivity contribution in [2.75, 3.05) is 19.0 Å². The number of benzene rings is 1. The first-order chi connectivity index (χ1) is 16.5. The van der Waals surface area contributed by atoms with Crippen LogP contribution in [-0.4, -0.2) is 30.7 Å². The van der Waals surface area contributed by atoms with Crippen LogP contribution in [0.5, 0.6) is 5.75 Å². The van der Waals surface area contributed by atoms with Gasteiger partial charge in [0, 0.05) is 10.4 Å². The Labute approximate surface area is 225 Å². The second-order valence-corrected chi connectivity index (χ2v) is 12.1. The van der Waals surface area contributed by atoms with Crippen LogP contribution in [0, 0.1) is 11.3 Å². The van der Waals surface area contributed by atoms with E-state index in [-0.39, 0.29) is 16.4 Å². The van der Waals surface area contributed by atoms with Gasteiger partial charge in [0.25, 0.3) is 5.91 Å². The average Bonchev–Trinajstić information content (AvgIpc) is 3.15. The molecule has 0 saturated carbocycles. The molecular formula is C26H33BrN2O4S2. The van der Waals surface area contributed by atoms with Crippen LogP contribution in [0.4, 0.5) is 5.00 Å². The molecule has 1 aromatic heterocycles. The largest absolute Gasteiger partial charge is 0.492 e. The SMILES string of the molecule is CCCCOc1ccc(C(=O)NC(=S)Nc2sc3c(c2C(=O)OC)CCC(C(C)(C)C)C3)cc1Br. The number of halogens is 1. The molecule has 0 spiro atoms. The van der Waals surface area contributed by atoms with E-state index < -0.39 is 5.97 Å². The van der Waals surface area contributed by atoms with Crippen molar-refractivity contribution in [1.82, 2.24) is 5.32 Å². The number of carbonyl (C=O) groups excluding carboxylic acids is 2. The highest BCUT2D eigenvalue weighted by molar-refractivity contribution is 9.10. The fraction of sp³-hybridized carbons (Fsp3) is 0.500. The minimum absolute atomic E-state index is 0.130. The Balaban J connectivity index is 1.73. The van der Waals surface area contributed by atoms with E-state index in [1.54, 1.807) is 18.2 Å². The van der Waals surface area contributed by atoms with Crippen molar-refractivity contribution in [3.8, 4) is 5.75 Å². The fourth-order valence-corrected chi connectivity index (χ4v) is 6.20. The van der Waals surface area contributed by atoms with Gasteiger partial charge < -0.3 is 14.8 Å². The summed E-state index contributed by atoms with van der Waals surface area (Å²) in [6.45, 7) is 9.49. The van der Waals surface area contributed by atoms with E-state index >= 15 is 0 Å². The minimum Gasteiger partial charge on any atom is -0.492 e. The lowest BCUT2D eigenvalue weighted by atomic mass is 9.72. The Kier molecular flexibility index (Phi) is 9.34. The summed E-state index contributed by atoms with van der Waals surface area (Å²) in [4.78, 5) is 26.6. The molecule has 2 N–H and O–H groups in total. The second-order valence-electron chi connectivity index (χ2n) is 9.76. The van der Waals surface area contributed by atoms with Crippen molar-refractivity contribution in [2.24, 2.45) is 11.3 Å². The van der Waals surface area contributed by atoms with E-state index in [0.717, 1.165) is 37.7 Å². The van der Waals surface area contributed by atoms with Crippen molar-refractivity contribution in [3.05, 3.63) is 44.2 Å². The topological polar surface area (TPSA) is 76.7 Å². The number of hydrogen-bond acceptors (Lipinski definition) is 6. The van der Waals surface area contributed by atoms with E-state index in [9.17, 15) is 9.59 Å². The summed E-state index contributed by atoms with van der Waals surface area (Å²) in [5, 5.41) is 6.54. The number of esters is 1. The van der Waals surface area contributed by atoms with Crippen molar-refractivity contribution in [2.45, 2.75) is 59.8 Å². The smallest absolute Gasteiger partial charge is 0.341 e. The number of rotatable bonds is 7. The van der Waals surface area contributed by atoms with E-state index in [1.165, 1.54) is 23.3 Å². The summed E-state index contributed by atoms with van der Waals surface area (Å²) in [6.07, 6.45) is 4.76. The zero-order valence-electron chi connectivity index (χ0n) is 20.9. The zero-order valence-corrected chi connectivity index (χ0v) is 24.1. The van der Waals surface area contributed by atoms with Gasteiger partial charge in [0.15, 0.2) is 5.11 Å². The number of thiophene rings is 1. The summed E-state index contributed by atoms with van der Waals surface area (Å²) in [5.41, 5.74) is 2.18. The maximum Gasteiger partial charge on any atom is 0.341 e. The van der Waals surface area contributed by atoms with Crippen molar-refractivity contribution in [1.29, 1.82) is 0 Å². The van der Waals surface area contributed by atoms with Crippen LogP contribution < -0.4 is 15.4 Å². The molecule has 1 heterocycles. The molecule has 1 aliphatic carbocycles. The van der Waals surface area contributed by atoms with Crippen LogP contribution >= 0.6 is 39.5 Å². The van der Waals surface area contributed by atoms with Gasteiger partial charge in [-0.2, -0.15) is 0 Å². The van der Waals surface area contributed by atoms with Crippen LogP contribution in [0.2, 0.25) is 0 Å². The number of thiocarbonyl (C=S) groups is 1. The van der Waals surface area contributed by atoms with Crippen molar-refractivity contribution >= 4 is 61.5 Å². The Morgan fingerprint density at radius 3 is 2.66 bits per heavy atom. The van der Waals surface area contributed by atoms with Crippen LogP contribution in [-0.2, 0) is 17.6 Å². The van der Waals surface area contributed by atoms with Gasteiger partial charge in [-0.1, -0.05) is 34.1 Å². The molecule has 1 amide bonds. The fourth-order valence-electron chi connectivity index (χ4n) is 4.13. The third kappa shape index (κ3) is 6.83. The third-order valence-corrected chi connectivity index (χ3v) is 8.28. The maximum absolute atomic E-state index is 12.8. The number of amides is 1. The predicted octanol–water partition coefficient (Wildman–Crippen LogP) is 6.75. The van der Waals surface area contributed by atoms with Gasteiger partial charge in [0.1, 0.15) is 10.8 Å². The Morgan fingerprint density at radius 2 is 2.03 bits per heavy atom. The predicted molar refractivity (Wildman–Crippen MR) is 149 cm³/mol. The second kappa shape index (κ2) is 11.8. The number of anilines is 1. The molecule has 2 aromatic rings. The highest BCUT2D eigenvalue weighted by Crippen LogP contribution is 2.44. The van der Waals surface area contributed by atoms with Gasteiger partial charge in [-0.15, -0.1) is 11.3 Å². The molecule has 190 valence electrons. The molecule has 6 nitrogen and oxygen atoms in total. The molecule has 0 aliphatic heterocycles. The number of nitrogens with one attached hydrogen (secondary N) is 2. The molecule has 0 fully saturated rings. The molecule has 0 saturated heterocycles. The van der Waals surface area contributed by atoms with Crippen LogP contribution in [0.3, 0.4) is 0 Å². The number of carbonyl (C=O) groups is 2. The minimum atomic E-state index is -0.393. The molecule has 1 atom stereocenters. The van der Waals surface area contributed by atoms with Crippen LogP contribution in [0.15, 0.2) is 22.7 Å². The lowest BCUT2D eigenvalue weighted by Gasteiger charge is -2.33. The number of fused-ring (bicyclic) bond motifs is 1. The molecule has 1 aromatic carbocycles. The first kappa shape index (κ1) is 27.6. The quantitative estimate of drug-likeness (QED) is 0.214. The summed E-state index contributed by atoms with van der Waals surface area (Å²) in [7, 11) is 1.38. The average molecular weight is 582 g/mol. The lowest BCUT2D eigenvalue weighted by Crippen LogP contribution is -2.34. The van der Waals surface area contributed by atoms with Gasteiger partial charge in [-0.25, -0.2) is 4.79 Å². The standard InChI is InChI=1S/C26H33BrN2O4S2/c1-6-7-12-33-19-11-8-15(13-18(19)27)22(30)28-25(34)29-23-21(24(31)32-5)17-10-9-16(26(2,3)4)14-20(17)35-23/h8,11,13,16H,6-7,9-10,12,14H2,1-5H3,(H2,28,29,30,34). The van der Waals surface area contributed by atoms with E-state index in [2.05, 4.69) is 54.3 Å². The third-order valence-electron chi connectivity index (χ3n) is 6.28. The molecule has 35 heavy (non-hydrogen) atoms. The van der Waals surface area contributed by atoms with Crippen LogP contribution in [0.25, 0.3) is 0 Å². The maximum atomic E-state index is 12.8. The first-order valence-electron chi connectivity index (χ1n) is 11.8. The van der Waals surface area contributed by atoms with Gasteiger partial charge in [0.2, 0.25) is 0 Å². The number of methoxy groups -OCH3 is 1. The molecule has 0 bridgehead atoms. The van der Waals surface area contributed by atoms with E-state index in [1.807, 2.05) is 0 Å². The molecule has 1 unspecified atom stereocenters. The normalized spacial score (nSPS) is 15.2. The Morgan fingerprint density at radius 1 is 1.29 bits per heavy atom. The van der Waals surface area contributed by atoms with E-state index in [0.29, 0.717) is 38.9 Å². The Hall–Kier alpha value is -1.97. The highest BCUT2D eigenvalue weighted by atomic mass is 79.9. The number of hydrogen-bond donors (Lipinski definition) is 2. The van der Waals surface area contributed by atoms with E-state index in [4.69, 9.17) is 21.7 Å². The van der Waals surface area contributed by atoms with Gasteiger partial charge in [-0.05, 0) is 88.9 Å².